The number of ketones is 1. The Labute approximate surface area is 174 Å². The molecule has 1 aliphatic carbocycles. The van der Waals surface area contributed by atoms with Crippen molar-refractivity contribution in [3.63, 3.8) is 0 Å². The number of Topliss-reactive ketones (excluding diaryl/α,β-unsaturated/α-hetero) is 1. The molecule has 5 heteroatoms. The smallest absolute Gasteiger partial charge is 0.189 e. The number of allylic oxidation sites excluding steroid dienone is 1. The summed E-state index contributed by atoms with van der Waals surface area (Å²) < 4.78 is 7.44. The summed E-state index contributed by atoms with van der Waals surface area (Å²) in [5, 5.41) is 8.52. The van der Waals surface area contributed by atoms with Crippen LogP contribution in [0.15, 0.2) is 72.3 Å². The van der Waals surface area contributed by atoms with Crippen LogP contribution in [0.5, 0.6) is 5.75 Å². The zero-order valence-electron chi connectivity index (χ0n) is 16.7. The number of nitrogens with zero attached hydrogens (tertiary/aromatic N) is 3. The predicted octanol–water partition coefficient (Wildman–Crippen LogP) is 4.70. The molecule has 5 rings (SSSR count). The highest BCUT2D eigenvalue weighted by Crippen LogP contribution is 2.28. The van der Waals surface area contributed by atoms with Crippen molar-refractivity contribution in [3.05, 3.63) is 94.6 Å². The second-order valence-corrected chi connectivity index (χ2v) is 7.46. The number of fused-ring (bicyclic) bond motifs is 2. The number of para-hydroxylation sites is 1. The lowest BCUT2D eigenvalue weighted by Gasteiger charge is -2.17. The standard InChI is InChI=1S/C25H21N3O2/c1-30-24-13-10-17(14-19-12-11-18-6-2-3-7-21(18)25(19)29)15-20(24)16-28-23-9-5-4-8-22(23)26-27-28/h2-10,13-15H,11-12,16H2,1H3. The van der Waals surface area contributed by atoms with Crippen LogP contribution < -0.4 is 4.74 Å². The average Bonchev–Trinajstić information content (AvgIpc) is 3.19. The summed E-state index contributed by atoms with van der Waals surface area (Å²) in [6.07, 6.45) is 3.65. The molecule has 0 aliphatic heterocycles. The number of hydrogen-bond acceptors (Lipinski definition) is 4. The van der Waals surface area contributed by atoms with E-state index in [-0.39, 0.29) is 5.78 Å². The van der Waals surface area contributed by atoms with Crippen molar-refractivity contribution < 1.29 is 9.53 Å². The summed E-state index contributed by atoms with van der Waals surface area (Å²) in [4.78, 5) is 12.9. The third kappa shape index (κ3) is 3.28. The molecule has 0 N–H and O–H groups in total. The molecule has 148 valence electrons. The molecule has 0 saturated heterocycles. The zero-order valence-corrected chi connectivity index (χ0v) is 16.7. The van der Waals surface area contributed by atoms with Gasteiger partial charge in [-0.3, -0.25) is 4.79 Å². The van der Waals surface area contributed by atoms with E-state index in [9.17, 15) is 4.79 Å². The van der Waals surface area contributed by atoms with Gasteiger partial charge in [0.25, 0.3) is 0 Å². The SMILES string of the molecule is COc1ccc(C=C2CCc3ccccc3C2=O)cc1Cn1nnc2ccccc21. The Kier molecular flexibility index (Phi) is 4.64. The van der Waals surface area contributed by atoms with Crippen molar-refractivity contribution >= 4 is 22.9 Å². The van der Waals surface area contributed by atoms with Crippen LogP contribution in [0, 0.1) is 0 Å². The molecule has 0 atom stereocenters. The molecule has 1 heterocycles. The fraction of sp³-hybridized carbons (Fsp3) is 0.160. The molecule has 5 nitrogen and oxygen atoms in total. The maximum absolute atomic E-state index is 12.9. The number of aryl methyl sites for hydroxylation is 1. The number of hydrogen-bond donors (Lipinski definition) is 0. The predicted molar refractivity (Wildman–Crippen MR) is 117 cm³/mol. The molecule has 4 aromatic rings. The van der Waals surface area contributed by atoms with Crippen LogP contribution in [0.3, 0.4) is 0 Å². The maximum atomic E-state index is 12.9. The number of ether oxygens (including phenoxy) is 1. The van der Waals surface area contributed by atoms with Gasteiger partial charge in [0.2, 0.25) is 0 Å². The average molecular weight is 395 g/mol. The van der Waals surface area contributed by atoms with Crippen LogP contribution in [0.25, 0.3) is 17.1 Å². The molecule has 30 heavy (non-hydrogen) atoms. The molecule has 0 unspecified atom stereocenters. The van der Waals surface area contributed by atoms with E-state index < -0.39 is 0 Å². The topological polar surface area (TPSA) is 57.0 Å². The van der Waals surface area contributed by atoms with E-state index in [2.05, 4.69) is 16.4 Å². The van der Waals surface area contributed by atoms with Crippen molar-refractivity contribution in [2.45, 2.75) is 19.4 Å². The normalized spacial score (nSPS) is 14.8. The molecule has 0 saturated carbocycles. The molecule has 1 aromatic heterocycles. The molecule has 0 fully saturated rings. The largest absolute Gasteiger partial charge is 0.496 e. The summed E-state index contributed by atoms with van der Waals surface area (Å²) in [7, 11) is 1.66. The number of rotatable bonds is 4. The molecular weight excluding hydrogens is 374 g/mol. The summed E-state index contributed by atoms with van der Waals surface area (Å²) in [6, 6.07) is 21.8. The number of benzene rings is 3. The van der Waals surface area contributed by atoms with Crippen LogP contribution in [-0.4, -0.2) is 27.9 Å². The number of methoxy groups -OCH3 is 1. The van der Waals surface area contributed by atoms with Crippen LogP contribution in [0.2, 0.25) is 0 Å². The van der Waals surface area contributed by atoms with Crippen LogP contribution in [0.1, 0.15) is 33.5 Å². The minimum Gasteiger partial charge on any atom is -0.496 e. The van der Waals surface area contributed by atoms with Gasteiger partial charge in [0.1, 0.15) is 11.3 Å². The summed E-state index contributed by atoms with van der Waals surface area (Å²) in [5.74, 6) is 0.911. The van der Waals surface area contributed by atoms with Gasteiger partial charge in [-0.05, 0) is 54.3 Å². The second-order valence-electron chi connectivity index (χ2n) is 7.46. The van der Waals surface area contributed by atoms with Gasteiger partial charge in [-0.2, -0.15) is 0 Å². The number of carbonyl (C=O) groups excluding carboxylic acids is 1. The van der Waals surface area contributed by atoms with E-state index in [0.29, 0.717) is 6.54 Å². The Morgan fingerprint density at radius 3 is 2.77 bits per heavy atom. The first-order valence-corrected chi connectivity index (χ1v) is 10.0. The van der Waals surface area contributed by atoms with Crippen LogP contribution in [0.4, 0.5) is 0 Å². The van der Waals surface area contributed by atoms with Gasteiger partial charge in [-0.1, -0.05) is 47.7 Å². The van der Waals surface area contributed by atoms with Gasteiger partial charge >= 0.3 is 0 Å². The highest BCUT2D eigenvalue weighted by atomic mass is 16.5. The highest BCUT2D eigenvalue weighted by Gasteiger charge is 2.21. The lowest BCUT2D eigenvalue weighted by Crippen LogP contribution is -2.13. The van der Waals surface area contributed by atoms with Crippen LogP contribution >= 0.6 is 0 Å². The van der Waals surface area contributed by atoms with Gasteiger partial charge < -0.3 is 4.74 Å². The maximum Gasteiger partial charge on any atom is 0.189 e. The molecule has 3 aromatic carbocycles. The Hall–Kier alpha value is -3.73. The van der Waals surface area contributed by atoms with Crippen molar-refractivity contribution in [3.8, 4) is 5.75 Å². The van der Waals surface area contributed by atoms with E-state index >= 15 is 0 Å². The minimum absolute atomic E-state index is 0.122. The van der Waals surface area contributed by atoms with Gasteiger partial charge in [0.15, 0.2) is 5.78 Å². The van der Waals surface area contributed by atoms with Gasteiger partial charge in [-0.15, -0.1) is 5.10 Å². The Morgan fingerprint density at radius 2 is 1.87 bits per heavy atom. The van der Waals surface area contributed by atoms with Gasteiger partial charge in [0, 0.05) is 16.7 Å². The van der Waals surface area contributed by atoms with E-state index in [1.807, 2.05) is 71.4 Å². The Balaban J connectivity index is 1.49. The third-order valence-corrected chi connectivity index (χ3v) is 5.60. The monoisotopic (exact) mass is 395 g/mol. The molecule has 0 radical (unpaired) electrons. The molecule has 1 aliphatic rings. The lowest BCUT2D eigenvalue weighted by molar-refractivity contribution is 0.102. The Bertz CT molecular complexity index is 1290. The summed E-state index contributed by atoms with van der Waals surface area (Å²) in [6.45, 7) is 0.539. The van der Waals surface area contributed by atoms with Crippen molar-refractivity contribution in [1.82, 2.24) is 15.0 Å². The highest BCUT2D eigenvalue weighted by molar-refractivity contribution is 6.13. The van der Waals surface area contributed by atoms with E-state index in [0.717, 1.165) is 57.5 Å². The number of carbonyl (C=O) groups is 1. The second kappa shape index (κ2) is 7.59. The minimum atomic E-state index is 0.122. The lowest BCUT2D eigenvalue weighted by atomic mass is 9.86. The summed E-state index contributed by atoms with van der Waals surface area (Å²) in [5.41, 5.74) is 6.61. The Morgan fingerprint density at radius 1 is 1.03 bits per heavy atom. The molecule has 0 amide bonds. The first-order valence-electron chi connectivity index (χ1n) is 10.0. The zero-order chi connectivity index (χ0) is 20.5. The van der Waals surface area contributed by atoms with Gasteiger partial charge in [-0.25, -0.2) is 4.68 Å². The van der Waals surface area contributed by atoms with E-state index in [4.69, 9.17) is 4.74 Å². The summed E-state index contributed by atoms with van der Waals surface area (Å²) >= 11 is 0. The van der Waals surface area contributed by atoms with E-state index in [1.54, 1.807) is 7.11 Å². The fourth-order valence-corrected chi connectivity index (χ4v) is 4.06. The molecule has 0 spiro atoms. The van der Waals surface area contributed by atoms with E-state index in [1.165, 1.54) is 0 Å². The van der Waals surface area contributed by atoms with Crippen molar-refractivity contribution in [2.24, 2.45) is 0 Å². The third-order valence-electron chi connectivity index (χ3n) is 5.60. The van der Waals surface area contributed by atoms with Crippen molar-refractivity contribution in [1.29, 1.82) is 0 Å². The van der Waals surface area contributed by atoms with Gasteiger partial charge in [0.05, 0.1) is 19.2 Å². The molecule has 0 bridgehead atoms. The molecular formula is C25H21N3O2. The first-order chi connectivity index (χ1) is 14.7. The number of aromatic nitrogens is 3. The van der Waals surface area contributed by atoms with Crippen LogP contribution in [-0.2, 0) is 13.0 Å². The quantitative estimate of drug-likeness (QED) is 0.470. The first kappa shape index (κ1) is 18.3. The van der Waals surface area contributed by atoms with Crippen molar-refractivity contribution in [2.75, 3.05) is 7.11 Å². The fourth-order valence-electron chi connectivity index (χ4n) is 4.06.